The zero-order chi connectivity index (χ0) is 18.8. The van der Waals surface area contributed by atoms with E-state index in [1.807, 2.05) is 17.0 Å². The summed E-state index contributed by atoms with van der Waals surface area (Å²) >= 11 is 0. The standard InChI is InChI=1S/C20H26N2O5/c23-19(15-3-1-2-4-16(15)20(24)25)22-9-7-21(8-10-22)12-14-5-6-17-18(11-14)27-13-26-17/h5-6,11,15-16H,1-4,7-10,12-13H2,(H,24,25)/t15-,16-/m0/s1. The lowest BCUT2D eigenvalue weighted by molar-refractivity contribution is -0.917. The van der Waals surface area contributed by atoms with Gasteiger partial charge in [0.1, 0.15) is 6.54 Å². The Hall–Kier alpha value is -2.28. The lowest BCUT2D eigenvalue weighted by Gasteiger charge is -2.38. The number of quaternary nitrogens is 1. The maximum atomic E-state index is 12.9. The van der Waals surface area contributed by atoms with E-state index in [-0.39, 0.29) is 12.7 Å². The zero-order valence-corrected chi connectivity index (χ0v) is 15.4. The molecule has 1 aromatic rings. The van der Waals surface area contributed by atoms with Gasteiger partial charge in [0.15, 0.2) is 11.5 Å². The van der Waals surface area contributed by atoms with Crippen LogP contribution < -0.4 is 19.5 Å². The van der Waals surface area contributed by atoms with Crippen LogP contribution >= 0.6 is 0 Å². The van der Waals surface area contributed by atoms with Gasteiger partial charge in [0.05, 0.1) is 26.2 Å². The first-order valence-corrected chi connectivity index (χ1v) is 9.83. The van der Waals surface area contributed by atoms with E-state index >= 15 is 0 Å². The molecule has 146 valence electrons. The number of benzene rings is 1. The van der Waals surface area contributed by atoms with Crippen molar-refractivity contribution in [3.05, 3.63) is 23.8 Å². The molecule has 2 heterocycles. The number of piperazine rings is 1. The van der Waals surface area contributed by atoms with Crippen LogP contribution in [0.25, 0.3) is 0 Å². The van der Waals surface area contributed by atoms with Crippen LogP contribution in [0.4, 0.5) is 0 Å². The number of carboxylic acids is 1. The Balaban J connectivity index is 1.32. The summed E-state index contributed by atoms with van der Waals surface area (Å²) in [4.78, 5) is 27.5. The molecule has 0 unspecified atom stereocenters. The van der Waals surface area contributed by atoms with Gasteiger partial charge in [-0.05, 0) is 31.0 Å². The lowest BCUT2D eigenvalue weighted by Crippen LogP contribution is -3.13. The van der Waals surface area contributed by atoms with Crippen molar-refractivity contribution >= 4 is 11.9 Å². The van der Waals surface area contributed by atoms with Crippen LogP contribution in [0.2, 0.25) is 0 Å². The molecule has 1 saturated carbocycles. The van der Waals surface area contributed by atoms with Crippen LogP contribution in [-0.4, -0.2) is 49.7 Å². The number of rotatable bonds is 4. The number of nitrogens with one attached hydrogen (secondary N) is 1. The minimum Gasteiger partial charge on any atom is -0.550 e. The van der Waals surface area contributed by atoms with Crippen LogP contribution in [0.15, 0.2) is 18.2 Å². The van der Waals surface area contributed by atoms with Crippen LogP contribution in [0.1, 0.15) is 31.2 Å². The van der Waals surface area contributed by atoms with Crippen molar-refractivity contribution < 1.29 is 29.1 Å². The second-order valence-corrected chi connectivity index (χ2v) is 7.76. The fraction of sp³-hybridized carbons (Fsp3) is 0.600. The summed E-state index contributed by atoms with van der Waals surface area (Å²) in [6.45, 7) is 4.24. The average Bonchev–Trinajstić information content (AvgIpc) is 3.16. The smallest absolute Gasteiger partial charge is 0.231 e. The van der Waals surface area contributed by atoms with E-state index in [9.17, 15) is 14.7 Å². The SMILES string of the molecule is O=C([O-])[C@H]1CCCC[C@@H]1C(=O)N1CC[NH+](Cc2ccc3c(c2)OCO3)CC1. The number of carbonyl (C=O) groups excluding carboxylic acids is 2. The van der Waals surface area contributed by atoms with Gasteiger partial charge < -0.3 is 29.2 Å². The molecule has 1 aromatic carbocycles. The van der Waals surface area contributed by atoms with E-state index in [4.69, 9.17) is 9.47 Å². The van der Waals surface area contributed by atoms with Crippen molar-refractivity contribution in [3.63, 3.8) is 0 Å². The maximum absolute atomic E-state index is 12.9. The van der Waals surface area contributed by atoms with Gasteiger partial charge in [0.25, 0.3) is 0 Å². The van der Waals surface area contributed by atoms with Crippen molar-refractivity contribution in [2.45, 2.75) is 32.2 Å². The Bertz CT molecular complexity index is 714. The van der Waals surface area contributed by atoms with E-state index in [1.54, 1.807) is 0 Å². The number of fused-ring (bicyclic) bond motifs is 1. The molecule has 7 nitrogen and oxygen atoms in total. The number of ether oxygens (including phenoxy) is 2. The second-order valence-electron chi connectivity index (χ2n) is 7.76. The van der Waals surface area contributed by atoms with Gasteiger partial charge in [-0.1, -0.05) is 12.8 Å². The molecule has 0 bridgehead atoms. The molecule has 27 heavy (non-hydrogen) atoms. The minimum atomic E-state index is -1.07. The monoisotopic (exact) mass is 374 g/mol. The van der Waals surface area contributed by atoms with Crippen LogP contribution in [0.3, 0.4) is 0 Å². The Labute approximate surface area is 158 Å². The predicted octanol–water partition coefficient (Wildman–Crippen LogP) is -0.801. The Morgan fingerprint density at radius 1 is 1.07 bits per heavy atom. The minimum absolute atomic E-state index is 0.00558. The van der Waals surface area contributed by atoms with E-state index in [1.165, 1.54) is 10.5 Å². The van der Waals surface area contributed by atoms with Crippen LogP contribution in [-0.2, 0) is 16.1 Å². The number of nitrogens with zero attached hydrogens (tertiary/aromatic N) is 1. The van der Waals surface area contributed by atoms with Crippen molar-refractivity contribution in [2.75, 3.05) is 33.0 Å². The number of hydrogen-bond donors (Lipinski definition) is 1. The van der Waals surface area contributed by atoms with E-state index in [0.29, 0.717) is 25.9 Å². The van der Waals surface area contributed by atoms with Gasteiger partial charge >= 0.3 is 0 Å². The first-order valence-electron chi connectivity index (χ1n) is 9.83. The molecular weight excluding hydrogens is 348 g/mol. The summed E-state index contributed by atoms with van der Waals surface area (Å²) in [6.07, 6.45) is 3.03. The predicted molar refractivity (Wildman–Crippen MR) is 94.0 cm³/mol. The molecule has 0 aromatic heterocycles. The lowest BCUT2D eigenvalue weighted by atomic mass is 9.78. The molecule has 4 rings (SSSR count). The van der Waals surface area contributed by atoms with E-state index in [2.05, 4.69) is 6.07 Å². The highest BCUT2D eigenvalue weighted by atomic mass is 16.7. The molecule has 1 N–H and O–H groups in total. The average molecular weight is 374 g/mol. The summed E-state index contributed by atoms with van der Waals surface area (Å²) in [5.74, 6) is -0.499. The number of amides is 1. The maximum Gasteiger partial charge on any atom is 0.231 e. The second kappa shape index (κ2) is 7.76. The van der Waals surface area contributed by atoms with Gasteiger partial charge in [0, 0.05) is 23.4 Å². The van der Waals surface area contributed by atoms with Crippen LogP contribution in [0, 0.1) is 11.8 Å². The number of carboxylic acid groups (broad SMARTS) is 1. The number of carbonyl (C=O) groups is 2. The summed E-state index contributed by atoms with van der Waals surface area (Å²) in [7, 11) is 0. The topological polar surface area (TPSA) is 83.3 Å². The van der Waals surface area contributed by atoms with Crippen molar-refractivity contribution in [3.8, 4) is 11.5 Å². The molecule has 1 aliphatic carbocycles. The molecule has 2 fully saturated rings. The summed E-state index contributed by atoms with van der Waals surface area (Å²) in [5, 5.41) is 11.4. The molecular formula is C20H26N2O5. The molecule has 3 aliphatic rings. The van der Waals surface area contributed by atoms with Crippen molar-refractivity contribution in [1.82, 2.24) is 4.90 Å². The van der Waals surface area contributed by atoms with E-state index in [0.717, 1.165) is 44.0 Å². The number of aliphatic carboxylic acids is 1. The molecule has 7 heteroatoms. The molecule has 2 atom stereocenters. The normalized spacial score (nSPS) is 25.4. The van der Waals surface area contributed by atoms with Crippen molar-refractivity contribution in [2.24, 2.45) is 11.8 Å². The summed E-state index contributed by atoms with van der Waals surface area (Å²) in [6, 6.07) is 6.03. The van der Waals surface area contributed by atoms with Crippen LogP contribution in [0.5, 0.6) is 11.5 Å². The third kappa shape index (κ3) is 3.88. The quantitative estimate of drug-likeness (QED) is 0.746. The van der Waals surface area contributed by atoms with Crippen molar-refractivity contribution in [1.29, 1.82) is 0 Å². The first-order chi connectivity index (χ1) is 13.1. The Morgan fingerprint density at radius 3 is 2.52 bits per heavy atom. The highest BCUT2D eigenvalue weighted by Crippen LogP contribution is 2.32. The summed E-state index contributed by atoms with van der Waals surface area (Å²) in [5.41, 5.74) is 1.19. The highest BCUT2D eigenvalue weighted by Gasteiger charge is 2.36. The third-order valence-corrected chi connectivity index (χ3v) is 6.06. The molecule has 0 radical (unpaired) electrons. The molecule has 0 spiro atoms. The summed E-state index contributed by atoms with van der Waals surface area (Å²) < 4.78 is 10.8. The number of hydrogen-bond acceptors (Lipinski definition) is 5. The fourth-order valence-corrected chi connectivity index (χ4v) is 4.50. The van der Waals surface area contributed by atoms with Gasteiger partial charge in [-0.3, -0.25) is 4.79 Å². The van der Waals surface area contributed by atoms with Gasteiger partial charge in [-0.25, -0.2) is 0 Å². The molecule has 1 saturated heterocycles. The first kappa shape index (κ1) is 18.1. The Morgan fingerprint density at radius 2 is 1.78 bits per heavy atom. The molecule has 1 amide bonds. The molecule has 2 aliphatic heterocycles. The Kier molecular flexibility index (Phi) is 5.20. The highest BCUT2D eigenvalue weighted by molar-refractivity contribution is 5.84. The largest absolute Gasteiger partial charge is 0.550 e. The zero-order valence-electron chi connectivity index (χ0n) is 15.4. The van der Waals surface area contributed by atoms with E-state index < -0.39 is 17.8 Å². The van der Waals surface area contributed by atoms with Gasteiger partial charge in [-0.2, -0.15) is 0 Å². The van der Waals surface area contributed by atoms with Gasteiger partial charge in [-0.15, -0.1) is 0 Å². The third-order valence-electron chi connectivity index (χ3n) is 6.06. The van der Waals surface area contributed by atoms with Gasteiger partial charge in [0.2, 0.25) is 12.7 Å². The fourth-order valence-electron chi connectivity index (χ4n) is 4.50.